The van der Waals surface area contributed by atoms with Crippen LogP contribution in [0.1, 0.15) is 56.7 Å². The first-order chi connectivity index (χ1) is 19.4. The summed E-state index contributed by atoms with van der Waals surface area (Å²) in [5.41, 5.74) is 3.23. The topological polar surface area (TPSA) is 71.8 Å². The maximum atomic E-state index is 9.53. The molecular weight excluding hydrogens is 522 g/mol. The monoisotopic (exact) mass is 563 g/mol. The van der Waals surface area contributed by atoms with E-state index in [2.05, 4.69) is 52.0 Å². The largest absolute Gasteiger partial charge is 0.461 e. The molecule has 0 radical (unpaired) electrons. The number of fused-ring (bicyclic) bond motifs is 1. The standard InChI is InChI=1S/C31H42ClN7O/c1-4-17-37-19-20-39(21-24(37)12-16-33)29-25-13-18-38(28-11-7-6-10-26(28)32)22-27(25)34-30(35-29)40-23-31(36(2)3)14-8-5-9-15-31/h4,6-7,10-11,17,24H,5,8-9,12-15,18-23H2,1-3H3/t24-/m0/s1. The highest BCUT2D eigenvalue weighted by Gasteiger charge is 2.36. The van der Waals surface area contributed by atoms with Crippen LogP contribution in [-0.2, 0) is 13.0 Å². The minimum absolute atomic E-state index is 0.0112. The number of likely N-dealkylation sites (N-methyl/N-ethyl adjacent to an activating group) is 1. The summed E-state index contributed by atoms with van der Waals surface area (Å²) in [6.07, 6.45) is 11.4. The number of allylic oxidation sites excluding steroid dienone is 1. The molecule has 1 atom stereocenters. The SMILES string of the molecule is CC=CN1CCN(c2nc(OCC3(N(C)C)CCCCC3)nc3c2CCN(c2ccccc2Cl)C3)C[C@@H]1CC#N. The Balaban J connectivity index is 1.47. The van der Waals surface area contributed by atoms with Crippen molar-refractivity contribution < 1.29 is 4.74 Å². The van der Waals surface area contributed by atoms with Gasteiger partial charge in [0.2, 0.25) is 0 Å². The second-order valence-electron chi connectivity index (χ2n) is 11.5. The Bertz CT molecular complexity index is 1240. The fourth-order valence-electron chi connectivity index (χ4n) is 6.49. The van der Waals surface area contributed by atoms with E-state index < -0.39 is 0 Å². The van der Waals surface area contributed by atoms with Crippen LogP contribution in [0.5, 0.6) is 6.01 Å². The second kappa shape index (κ2) is 12.7. The van der Waals surface area contributed by atoms with Crippen molar-refractivity contribution >= 4 is 23.1 Å². The van der Waals surface area contributed by atoms with Gasteiger partial charge in [0.25, 0.3) is 0 Å². The summed E-state index contributed by atoms with van der Waals surface area (Å²) in [7, 11) is 4.32. The molecule has 9 heteroatoms. The van der Waals surface area contributed by atoms with Gasteiger partial charge in [0, 0.05) is 31.7 Å². The maximum absolute atomic E-state index is 9.53. The van der Waals surface area contributed by atoms with Crippen molar-refractivity contribution in [3.8, 4) is 12.1 Å². The molecule has 1 saturated heterocycles. The van der Waals surface area contributed by atoms with E-state index in [0.717, 1.165) is 67.7 Å². The number of nitriles is 1. The molecule has 0 N–H and O–H groups in total. The van der Waals surface area contributed by atoms with Gasteiger partial charge in [-0.3, -0.25) is 0 Å². The summed E-state index contributed by atoms with van der Waals surface area (Å²) < 4.78 is 6.50. The van der Waals surface area contributed by atoms with E-state index in [0.29, 0.717) is 25.6 Å². The molecule has 1 aromatic heterocycles. The number of hydrogen-bond donors (Lipinski definition) is 0. The van der Waals surface area contributed by atoms with Crippen LogP contribution in [0.3, 0.4) is 0 Å². The molecule has 3 heterocycles. The molecule has 1 aromatic carbocycles. The summed E-state index contributed by atoms with van der Waals surface area (Å²) in [4.78, 5) is 19.4. The number of anilines is 2. The lowest BCUT2D eigenvalue weighted by molar-refractivity contribution is 0.0421. The molecule has 2 aromatic rings. The van der Waals surface area contributed by atoms with Gasteiger partial charge < -0.3 is 24.3 Å². The lowest BCUT2D eigenvalue weighted by atomic mass is 9.81. The molecule has 0 unspecified atom stereocenters. The van der Waals surface area contributed by atoms with Crippen molar-refractivity contribution in [3.63, 3.8) is 0 Å². The zero-order chi connectivity index (χ0) is 28.1. The Kier molecular flexibility index (Phi) is 9.02. The van der Waals surface area contributed by atoms with Gasteiger partial charge in [0.15, 0.2) is 0 Å². The molecule has 0 spiro atoms. The fourth-order valence-corrected chi connectivity index (χ4v) is 6.75. The van der Waals surface area contributed by atoms with Crippen molar-refractivity contribution in [1.82, 2.24) is 19.8 Å². The Morgan fingerprint density at radius 2 is 1.93 bits per heavy atom. The van der Waals surface area contributed by atoms with Crippen LogP contribution >= 0.6 is 11.6 Å². The highest BCUT2D eigenvalue weighted by Crippen LogP contribution is 2.36. The molecular formula is C31H42ClN7O. The maximum Gasteiger partial charge on any atom is 0.318 e. The predicted molar refractivity (Wildman–Crippen MR) is 161 cm³/mol. The summed E-state index contributed by atoms with van der Waals surface area (Å²) >= 11 is 6.59. The van der Waals surface area contributed by atoms with E-state index in [9.17, 15) is 5.26 Å². The number of piperazine rings is 1. The van der Waals surface area contributed by atoms with Gasteiger partial charge in [-0.25, -0.2) is 0 Å². The summed E-state index contributed by atoms with van der Waals surface area (Å²) in [5.74, 6) is 0.962. The minimum Gasteiger partial charge on any atom is -0.461 e. The first kappa shape index (κ1) is 28.5. The van der Waals surface area contributed by atoms with Gasteiger partial charge in [-0.2, -0.15) is 15.2 Å². The molecule has 40 heavy (non-hydrogen) atoms. The van der Waals surface area contributed by atoms with Crippen LogP contribution in [0.4, 0.5) is 11.5 Å². The number of benzene rings is 1. The molecule has 5 rings (SSSR count). The van der Waals surface area contributed by atoms with Crippen LogP contribution in [-0.4, -0.2) is 78.2 Å². The number of hydrogen-bond acceptors (Lipinski definition) is 8. The van der Waals surface area contributed by atoms with Crippen LogP contribution in [0.25, 0.3) is 0 Å². The Labute approximate surface area is 244 Å². The summed E-state index contributed by atoms with van der Waals surface area (Å²) in [6, 6.07) is 11.0. The van der Waals surface area contributed by atoms with Crippen LogP contribution in [0.15, 0.2) is 36.5 Å². The van der Waals surface area contributed by atoms with E-state index in [1.165, 1.54) is 24.8 Å². The average Bonchev–Trinajstić information content (AvgIpc) is 2.97. The normalized spacial score (nSPS) is 21.0. The van der Waals surface area contributed by atoms with Gasteiger partial charge in [0.1, 0.15) is 12.4 Å². The molecule has 214 valence electrons. The number of nitrogens with zero attached hydrogens (tertiary/aromatic N) is 7. The minimum atomic E-state index is 0.0112. The molecule has 3 aliphatic rings. The van der Waals surface area contributed by atoms with Crippen LogP contribution in [0, 0.1) is 11.3 Å². The number of aromatic nitrogens is 2. The molecule has 2 aliphatic heterocycles. The van der Waals surface area contributed by atoms with Gasteiger partial charge >= 0.3 is 6.01 Å². The molecule has 2 fully saturated rings. The highest BCUT2D eigenvalue weighted by molar-refractivity contribution is 6.33. The van der Waals surface area contributed by atoms with E-state index in [1.54, 1.807) is 0 Å². The third kappa shape index (κ3) is 6.01. The van der Waals surface area contributed by atoms with Crippen LogP contribution < -0.4 is 14.5 Å². The van der Waals surface area contributed by atoms with E-state index in [4.69, 9.17) is 26.3 Å². The number of rotatable bonds is 8. The Morgan fingerprint density at radius 1 is 1.12 bits per heavy atom. The molecule has 1 aliphatic carbocycles. The number of para-hydroxylation sites is 1. The van der Waals surface area contributed by atoms with Crippen molar-refractivity contribution in [2.75, 3.05) is 56.7 Å². The Hall–Kier alpha value is -3.02. The predicted octanol–water partition coefficient (Wildman–Crippen LogP) is 5.27. The quantitative estimate of drug-likeness (QED) is 0.430. The lowest BCUT2D eigenvalue weighted by Crippen LogP contribution is -2.52. The first-order valence-electron chi connectivity index (χ1n) is 14.6. The van der Waals surface area contributed by atoms with Gasteiger partial charge in [-0.15, -0.1) is 0 Å². The van der Waals surface area contributed by atoms with Crippen LogP contribution in [0.2, 0.25) is 5.02 Å². The fraction of sp³-hybridized carbons (Fsp3) is 0.581. The van der Waals surface area contributed by atoms with E-state index in [1.807, 2.05) is 31.2 Å². The number of ether oxygens (including phenoxy) is 1. The smallest absolute Gasteiger partial charge is 0.318 e. The highest BCUT2D eigenvalue weighted by atomic mass is 35.5. The van der Waals surface area contributed by atoms with E-state index >= 15 is 0 Å². The number of halogens is 1. The zero-order valence-electron chi connectivity index (χ0n) is 24.2. The summed E-state index contributed by atoms with van der Waals surface area (Å²) in [5, 5.41) is 10.3. The molecule has 0 bridgehead atoms. The van der Waals surface area contributed by atoms with Gasteiger partial charge in [0.05, 0.1) is 47.0 Å². The second-order valence-corrected chi connectivity index (χ2v) is 11.9. The third-order valence-corrected chi connectivity index (χ3v) is 9.23. The molecule has 1 saturated carbocycles. The third-order valence-electron chi connectivity index (χ3n) is 8.91. The zero-order valence-corrected chi connectivity index (χ0v) is 24.9. The molecule has 0 amide bonds. The average molecular weight is 564 g/mol. The lowest BCUT2D eigenvalue weighted by Gasteiger charge is -2.43. The first-order valence-corrected chi connectivity index (χ1v) is 15.0. The molecule has 8 nitrogen and oxygen atoms in total. The van der Waals surface area contributed by atoms with Crippen molar-refractivity contribution in [2.45, 2.75) is 70.0 Å². The van der Waals surface area contributed by atoms with Gasteiger partial charge in [-0.05, 0) is 58.6 Å². The van der Waals surface area contributed by atoms with Crippen molar-refractivity contribution in [1.29, 1.82) is 5.26 Å². The van der Waals surface area contributed by atoms with Crippen molar-refractivity contribution in [3.05, 3.63) is 52.8 Å². The summed E-state index contributed by atoms with van der Waals surface area (Å²) in [6.45, 7) is 6.54. The Morgan fingerprint density at radius 3 is 2.65 bits per heavy atom. The van der Waals surface area contributed by atoms with Gasteiger partial charge in [-0.1, -0.05) is 49.1 Å². The van der Waals surface area contributed by atoms with Crippen molar-refractivity contribution in [2.24, 2.45) is 0 Å². The van der Waals surface area contributed by atoms with E-state index in [-0.39, 0.29) is 11.6 Å².